The van der Waals surface area contributed by atoms with Crippen molar-refractivity contribution in [1.29, 1.82) is 0 Å². The molecule has 0 atom stereocenters. The van der Waals surface area contributed by atoms with Gasteiger partial charge in [0.05, 0.1) is 11.9 Å². The van der Waals surface area contributed by atoms with E-state index < -0.39 is 5.41 Å². The molecule has 0 aromatic carbocycles. The summed E-state index contributed by atoms with van der Waals surface area (Å²) in [7, 11) is 1.76. The van der Waals surface area contributed by atoms with Crippen LogP contribution in [0.3, 0.4) is 0 Å². The Morgan fingerprint density at radius 1 is 1.75 bits per heavy atom. The second-order valence-electron chi connectivity index (χ2n) is 3.92. The summed E-state index contributed by atoms with van der Waals surface area (Å²) in [6, 6.07) is 0. The summed E-state index contributed by atoms with van der Waals surface area (Å²) in [5.74, 6) is -0.287. The van der Waals surface area contributed by atoms with E-state index >= 15 is 0 Å². The molecule has 1 aliphatic carbocycles. The SMILES string of the molecule is Cn1cc(NC(=O)C2(/C(N)=N/O)CC2)cn1. The van der Waals surface area contributed by atoms with Crippen LogP contribution in [0.4, 0.5) is 5.69 Å². The summed E-state index contributed by atoms with van der Waals surface area (Å²) in [6.45, 7) is 0. The topological polar surface area (TPSA) is 106 Å². The van der Waals surface area contributed by atoms with Gasteiger partial charge in [0.1, 0.15) is 5.41 Å². The number of carbonyl (C=O) groups is 1. The van der Waals surface area contributed by atoms with Crippen molar-refractivity contribution in [2.75, 3.05) is 5.32 Å². The Bertz CT molecular complexity index is 447. The van der Waals surface area contributed by atoms with E-state index in [0.717, 1.165) is 0 Å². The van der Waals surface area contributed by atoms with Gasteiger partial charge in [0.25, 0.3) is 0 Å². The van der Waals surface area contributed by atoms with E-state index in [1.807, 2.05) is 0 Å². The maximum Gasteiger partial charge on any atom is 0.238 e. The van der Waals surface area contributed by atoms with Gasteiger partial charge in [0, 0.05) is 13.2 Å². The number of hydrogen-bond acceptors (Lipinski definition) is 4. The molecule has 0 radical (unpaired) electrons. The average molecular weight is 223 g/mol. The molecule has 0 aliphatic heterocycles. The Hall–Kier alpha value is -2.05. The Morgan fingerprint density at radius 2 is 2.44 bits per heavy atom. The normalized spacial score (nSPS) is 18.2. The summed E-state index contributed by atoms with van der Waals surface area (Å²) in [5.41, 5.74) is 5.26. The lowest BCUT2D eigenvalue weighted by Gasteiger charge is -2.12. The summed E-state index contributed by atoms with van der Waals surface area (Å²) in [5, 5.41) is 18.1. The summed E-state index contributed by atoms with van der Waals surface area (Å²) in [6.07, 6.45) is 4.44. The predicted octanol–water partition coefficient (Wildman–Crippen LogP) is -0.115. The zero-order valence-corrected chi connectivity index (χ0v) is 8.84. The molecule has 16 heavy (non-hydrogen) atoms. The first-order valence-corrected chi connectivity index (χ1v) is 4.86. The highest BCUT2D eigenvalue weighted by atomic mass is 16.4. The van der Waals surface area contributed by atoms with Crippen molar-refractivity contribution in [3.8, 4) is 0 Å². The molecule has 1 aromatic heterocycles. The van der Waals surface area contributed by atoms with Gasteiger partial charge in [-0.15, -0.1) is 0 Å². The maximum atomic E-state index is 11.9. The molecule has 0 unspecified atom stereocenters. The minimum absolute atomic E-state index is 0.0334. The number of aromatic nitrogens is 2. The molecule has 0 saturated heterocycles. The van der Waals surface area contributed by atoms with Crippen LogP contribution in [0.2, 0.25) is 0 Å². The van der Waals surface area contributed by atoms with Crippen molar-refractivity contribution in [1.82, 2.24) is 9.78 Å². The number of hydrogen-bond donors (Lipinski definition) is 3. The van der Waals surface area contributed by atoms with Crippen LogP contribution in [0.25, 0.3) is 0 Å². The first-order chi connectivity index (χ1) is 7.58. The fourth-order valence-electron chi connectivity index (χ4n) is 1.56. The number of nitrogens with zero attached hydrogens (tertiary/aromatic N) is 3. The summed E-state index contributed by atoms with van der Waals surface area (Å²) >= 11 is 0. The van der Waals surface area contributed by atoms with Crippen molar-refractivity contribution in [3.63, 3.8) is 0 Å². The fourth-order valence-corrected chi connectivity index (χ4v) is 1.56. The van der Waals surface area contributed by atoms with Crippen LogP contribution >= 0.6 is 0 Å². The van der Waals surface area contributed by atoms with Gasteiger partial charge in [-0.1, -0.05) is 5.16 Å². The highest BCUT2D eigenvalue weighted by Crippen LogP contribution is 2.46. The summed E-state index contributed by atoms with van der Waals surface area (Å²) < 4.78 is 1.58. The van der Waals surface area contributed by atoms with Crippen molar-refractivity contribution in [2.24, 2.45) is 23.4 Å². The highest BCUT2D eigenvalue weighted by molar-refractivity contribution is 6.14. The van der Waals surface area contributed by atoms with Gasteiger partial charge in [-0.3, -0.25) is 9.48 Å². The van der Waals surface area contributed by atoms with Gasteiger partial charge in [0.2, 0.25) is 5.91 Å². The Kier molecular flexibility index (Phi) is 2.30. The van der Waals surface area contributed by atoms with Gasteiger partial charge in [-0.05, 0) is 12.8 Å². The zero-order chi connectivity index (χ0) is 11.8. The van der Waals surface area contributed by atoms with E-state index in [2.05, 4.69) is 15.6 Å². The number of nitrogens with two attached hydrogens (primary N) is 1. The van der Waals surface area contributed by atoms with Gasteiger partial charge < -0.3 is 16.3 Å². The highest BCUT2D eigenvalue weighted by Gasteiger charge is 2.54. The van der Waals surface area contributed by atoms with Crippen LogP contribution in [-0.2, 0) is 11.8 Å². The van der Waals surface area contributed by atoms with Crippen LogP contribution in [0, 0.1) is 5.41 Å². The second-order valence-corrected chi connectivity index (χ2v) is 3.92. The Labute approximate surface area is 91.9 Å². The van der Waals surface area contributed by atoms with Crippen molar-refractivity contribution < 1.29 is 10.0 Å². The molecular weight excluding hydrogens is 210 g/mol. The van der Waals surface area contributed by atoms with E-state index in [1.54, 1.807) is 24.1 Å². The molecule has 7 heteroatoms. The maximum absolute atomic E-state index is 11.9. The number of nitrogens with one attached hydrogen (secondary N) is 1. The van der Waals surface area contributed by atoms with Crippen LogP contribution in [0.5, 0.6) is 0 Å². The van der Waals surface area contributed by atoms with E-state index in [9.17, 15) is 4.79 Å². The van der Waals surface area contributed by atoms with Gasteiger partial charge in [-0.2, -0.15) is 5.10 Å². The summed E-state index contributed by atoms with van der Waals surface area (Å²) in [4.78, 5) is 11.9. The number of amides is 1. The average Bonchev–Trinajstić information content (AvgIpc) is 2.98. The third-order valence-corrected chi connectivity index (χ3v) is 2.75. The molecule has 1 aliphatic rings. The van der Waals surface area contributed by atoms with Crippen LogP contribution in [0.15, 0.2) is 17.5 Å². The van der Waals surface area contributed by atoms with E-state index in [4.69, 9.17) is 10.9 Å². The van der Waals surface area contributed by atoms with E-state index in [1.165, 1.54) is 0 Å². The number of carbonyl (C=O) groups excluding carboxylic acids is 1. The van der Waals surface area contributed by atoms with Crippen LogP contribution in [-0.4, -0.2) is 26.7 Å². The Morgan fingerprint density at radius 3 is 2.88 bits per heavy atom. The monoisotopic (exact) mass is 223 g/mol. The third-order valence-electron chi connectivity index (χ3n) is 2.75. The third kappa shape index (κ3) is 1.60. The molecule has 0 spiro atoms. The lowest BCUT2D eigenvalue weighted by Crippen LogP contribution is -2.36. The van der Waals surface area contributed by atoms with E-state index in [0.29, 0.717) is 18.5 Å². The molecule has 4 N–H and O–H groups in total. The standard InChI is InChI=1S/C9H13N5O2/c1-14-5-6(4-11-14)12-8(15)9(2-3-9)7(10)13-16/h4-5,16H,2-3H2,1H3,(H2,10,13)(H,12,15). The minimum Gasteiger partial charge on any atom is -0.409 e. The smallest absolute Gasteiger partial charge is 0.238 e. The number of aryl methyl sites for hydroxylation is 1. The fraction of sp³-hybridized carbons (Fsp3) is 0.444. The largest absolute Gasteiger partial charge is 0.409 e. The predicted molar refractivity (Wildman–Crippen MR) is 56.9 cm³/mol. The molecule has 7 nitrogen and oxygen atoms in total. The van der Waals surface area contributed by atoms with Crippen LogP contribution < -0.4 is 11.1 Å². The number of rotatable bonds is 3. The zero-order valence-electron chi connectivity index (χ0n) is 8.84. The molecular formula is C9H13N5O2. The number of oxime groups is 1. The number of amidine groups is 1. The van der Waals surface area contributed by atoms with Gasteiger partial charge in [-0.25, -0.2) is 0 Å². The molecule has 86 valence electrons. The first kappa shape index (κ1) is 10.5. The quantitative estimate of drug-likeness (QED) is 0.287. The number of anilines is 1. The molecule has 1 fully saturated rings. The van der Waals surface area contributed by atoms with Gasteiger partial charge >= 0.3 is 0 Å². The molecule has 1 heterocycles. The Balaban J connectivity index is 2.10. The van der Waals surface area contributed by atoms with Crippen molar-refractivity contribution in [2.45, 2.75) is 12.8 Å². The van der Waals surface area contributed by atoms with E-state index in [-0.39, 0.29) is 11.7 Å². The van der Waals surface area contributed by atoms with Crippen molar-refractivity contribution in [3.05, 3.63) is 12.4 Å². The molecule has 2 rings (SSSR count). The molecule has 1 amide bonds. The van der Waals surface area contributed by atoms with Crippen molar-refractivity contribution >= 4 is 17.4 Å². The lowest BCUT2D eigenvalue weighted by molar-refractivity contribution is -0.119. The minimum atomic E-state index is -0.829. The van der Waals surface area contributed by atoms with Gasteiger partial charge in [0.15, 0.2) is 5.84 Å². The molecule has 1 aromatic rings. The van der Waals surface area contributed by atoms with Crippen LogP contribution in [0.1, 0.15) is 12.8 Å². The lowest BCUT2D eigenvalue weighted by atomic mass is 10.1. The molecule has 0 bridgehead atoms. The first-order valence-electron chi connectivity index (χ1n) is 4.86. The molecule has 1 saturated carbocycles. The second kappa shape index (κ2) is 3.51.